The summed E-state index contributed by atoms with van der Waals surface area (Å²) in [5.41, 5.74) is 0.996. The molecule has 0 N–H and O–H groups in total. The molecule has 1 aromatic carbocycles. The van der Waals surface area contributed by atoms with Crippen LogP contribution in [-0.2, 0) is 0 Å². The topological polar surface area (TPSA) is 12.9 Å². The summed E-state index contributed by atoms with van der Waals surface area (Å²) in [5.74, 6) is 0. The van der Waals surface area contributed by atoms with E-state index < -0.39 is 0 Å². The van der Waals surface area contributed by atoms with E-state index in [0.29, 0.717) is 0 Å². The number of para-hydroxylation sites is 1. The molecular formula is C9H7NS3. The van der Waals surface area contributed by atoms with Gasteiger partial charge in [0.1, 0.15) is 3.82 Å². The lowest BCUT2D eigenvalue weighted by molar-refractivity contribution is 1.29. The van der Waals surface area contributed by atoms with E-state index >= 15 is 0 Å². The van der Waals surface area contributed by atoms with E-state index in [1.165, 1.54) is 0 Å². The van der Waals surface area contributed by atoms with Gasteiger partial charge in [0.25, 0.3) is 0 Å². The van der Waals surface area contributed by atoms with Crippen molar-refractivity contribution >= 4 is 46.2 Å². The van der Waals surface area contributed by atoms with E-state index in [9.17, 15) is 0 Å². The van der Waals surface area contributed by atoms with Gasteiger partial charge in [0.2, 0.25) is 0 Å². The summed E-state index contributed by atoms with van der Waals surface area (Å²) >= 11 is 8.48. The van der Waals surface area contributed by atoms with Gasteiger partial charge in [-0.3, -0.25) is 0 Å². The molecule has 0 saturated carbocycles. The first-order valence-electron chi connectivity index (χ1n) is 3.75. The van der Waals surface area contributed by atoms with E-state index in [-0.39, 0.29) is 0 Å². The number of thioether (sulfide) groups is 1. The third kappa shape index (κ3) is 1.75. The van der Waals surface area contributed by atoms with Gasteiger partial charge in [-0.25, -0.2) is 4.98 Å². The molecule has 0 aliphatic rings. The Labute approximate surface area is 89.8 Å². The molecule has 13 heavy (non-hydrogen) atoms. The lowest BCUT2D eigenvalue weighted by Gasteiger charge is -1.98. The van der Waals surface area contributed by atoms with Crippen molar-refractivity contribution in [1.82, 2.24) is 4.98 Å². The molecule has 0 bridgehead atoms. The Kier molecular flexibility index (Phi) is 2.62. The third-order valence-corrected chi connectivity index (χ3v) is 4.02. The molecule has 0 unspecified atom stereocenters. The van der Waals surface area contributed by atoms with Gasteiger partial charge in [-0.15, -0.1) is 0 Å². The van der Waals surface area contributed by atoms with Crippen molar-refractivity contribution in [2.24, 2.45) is 0 Å². The van der Waals surface area contributed by atoms with Gasteiger partial charge in [0.05, 0.1) is 5.52 Å². The smallest absolute Gasteiger partial charge is 0.151 e. The molecule has 2 rings (SSSR count). The first-order chi connectivity index (χ1) is 6.31. The molecule has 1 aromatic heterocycles. The molecule has 0 aliphatic heterocycles. The fourth-order valence-electron chi connectivity index (χ4n) is 1.09. The Hall–Kier alpha value is -0.450. The first kappa shape index (κ1) is 9.12. The van der Waals surface area contributed by atoms with Crippen LogP contribution in [0.15, 0.2) is 28.6 Å². The summed E-state index contributed by atoms with van der Waals surface area (Å²) in [6, 6.07) is 7.99. The van der Waals surface area contributed by atoms with E-state index in [1.807, 2.05) is 30.5 Å². The molecule has 2 aromatic rings. The highest BCUT2D eigenvalue weighted by Crippen LogP contribution is 2.24. The molecule has 4 heteroatoms. The number of hydrogen-bond acceptors (Lipinski definition) is 4. The van der Waals surface area contributed by atoms with Gasteiger partial charge in [0, 0.05) is 5.39 Å². The second kappa shape index (κ2) is 3.74. The highest BCUT2D eigenvalue weighted by atomic mass is 32.2. The normalized spacial score (nSPS) is 10.5. The maximum absolute atomic E-state index is 5.27. The molecular weight excluding hydrogens is 218 g/mol. The maximum atomic E-state index is 5.27. The van der Waals surface area contributed by atoms with Crippen LogP contribution in [0, 0.1) is 3.82 Å². The van der Waals surface area contributed by atoms with Crippen LogP contribution in [0.2, 0.25) is 0 Å². The minimum absolute atomic E-state index is 0.926. The maximum Gasteiger partial charge on any atom is 0.151 e. The summed E-state index contributed by atoms with van der Waals surface area (Å²) in [4.78, 5) is 4.47. The molecule has 0 aliphatic carbocycles. The van der Waals surface area contributed by atoms with Crippen LogP contribution in [0.25, 0.3) is 10.9 Å². The van der Waals surface area contributed by atoms with Gasteiger partial charge < -0.3 is 0 Å². The number of nitrogens with zero attached hydrogens (tertiary/aromatic N) is 1. The fourth-order valence-corrected chi connectivity index (χ4v) is 3.01. The molecule has 0 spiro atoms. The Bertz CT molecular complexity index is 489. The van der Waals surface area contributed by atoms with Gasteiger partial charge in [-0.05, 0) is 12.3 Å². The van der Waals surface area contributed by atoms with Gasteiger partial charge in [-0.1, -0.05) is 53.5 Å². The average Bonchev–Trinajstić information content (AvgIpc) is 2.18. The Morgan fingerprint density at radius 1 is 1.38 bits per heavy atom. The Balaban J connectivity index is 2.85. The Morgan fingerprint density at radius 3 is 2.92 bits per heavy atom. The van der Waals surface area contributed by atoms with Crippen LogP contribution in [0.3, 0.4) is 0 Å². The molecule has 0 fully saturated rings. The number of fused-ring (bicyclic) bond motifs is 1. The van der Waals surface area contributed by atoms with Crippen LogP contribution in [0.4, 0.5) is 0 Å². The second-order valence-electron chi connectivity index (χ2n) is 2.49. The molecule has 0 atom stereocenters. The highest BCUT2D eigenvalue weighted by Gasteiger charge is 1.99. The number of rotatable bonds is 1. The molecule has 1 heterocycles. The average molecular weight is 225 g/mol. The minimum atomic E-state index is 0.926. The second-order valence-corrected chi connectivity index (χ2v) is 5.21. The van der Waals surface area contributed by atoms with Crippen molar-refractivity contribution in [3.05, 3.63) is 28.1 Å². The standard InChI is InChI=1S/C9H7NS3/c1-12-9-10-7-5-3-2-4-6(7)8(11)13-9/h2-5H,1H3. The van der Waals surface area contributed by atoms with Crippen LogP contribution < -0.4 is 0 Å². The van der Waals surface area contributed by atoms with Crippen molar-refractivity contribution in [3.63, 3.8) is 0 Å². The number of aromatic nitrogens is 1. The quantitative estimate of drug-likeness (QED) is 0.542. The number of hydrogen-bond donors (Lipinski definition) is 0. The summed E-state index contributed by atoms with van der Waals surface area (Å²) < 4.78 is 1.96. The molecule has 1 nitrogen and oxygen atoms in total. The zero-order chi connectivity index (χ0) is 9.26. The van der Waals surface area contributed by atoms with Crippen LogP contribution in [-0.4, -0.2) is 11.2 Å². The molecule has 0 radical (unpaired) electrons. The van der Waals surface area contributed by atoms with E-state index in [0.717, 1.165) is 19.1 Å². The van der Waals surface area contributed by atoms with Crippen LogP contribution >= 0.6 is 35.3 Å². The third-order valence-electron chi connectivity index (χ3n) is 1.69. The summed E-state index contributed by atoms with van der Waals surface area (Å²) in [7, 11) is 0. The Morgan fingerprint density at radius 2 is 2.15 bits per heavy atom. The number of benzene rings is 1. The van der Waals surface area contributed by atoms with Gasteiger partial charge >= 0.3 is 0 Å². The summed E-state index contributed by atoms with van der Waals surface area (Å²) in [5, 5.41) is 1.08. The molecule has 0 amide bonds. The van der Waals surface area contributed by atoms with E-state index in [2.05, 4.69) is 4.98 Å². The van der Waals surface area contributed by atoms with E-state index in [4.69, 9.17) is 12.2 Å². The summed E-state index contributed by atoms with van der Waals surface area (Å²) in [6.07, 6.45) is 2.02. The van der Waals surface area contributed by atoms with Gasteiger partial charge in [-0.2, -0.15) is 0 Å². The van der Waals surface area contributed by atoms with Crippen molar-refractivity contribution < 1.29 is 0 Å². The van der Waals surface area contributed by atoms with Crippen molar-refractivity contribution in [1.29, 1.82) is 0 Å². The van der Waals surface area contributed by atoms with Crippen molar-refractivity contribution in [2.45, 2.75) is 4.34 Å². The lowest BCUT2D eigenvalue weighted by atomic mass is 10.3. The molecule has 66 valence electrons. The monoisotopic (exact) mass is 225 g/mol. The van der Waals surface area contributed by atoms with E-state index in [1.54, 1.807) is 23.1 Å². The highest BCUT2D eigenvalue weighted by molar-refractivity contribution is 8.00. The summed E-state index contributed by atoms with van der Waals surface area (Å²) in [6.45, 7) is 0. The van der Waals surface area contributed by atoms with Crippen molar-refractivity contribution in [2.75, 3.05) is 6.26 Å². The predicted octanol–water partition coefficient (Wildman–Crippen LogP) is 3.75. The largest absolute Gasteiger partial charge is 0.230 e. The van der Waals surface area contributed by atoms with Crippen molar-refractivity contribution in [3.8, 4) is 0 Å². The predicted molar refractivity (Wildman–Crippen MR) is 62.2 cm³/mol. The minimum Gasteiger partial charge on any atom is -0.230 e. The first-order valence-corrected chi connectivity index (χ1v) is 6.20. The lowest BCUT2D eigenvalue weighted by Crippen LogP contribution is -1.79. The SMILES string of the molecule is CSc1nc2ccccc2c(=S)s1. The van der Waals surface area contributed by atoms with Gasteiger partial charge in [0.15, 0.2) is 4.34 Å². The fraction of sp³-hybridized carbons (Fsp3) is 0.111. The van der Waals surface area contributed by atoms with Crippen LogP contribution in [0.5, 0.6) is 0 Å². The van der Waals surface area contributed by atoms with Crippen LogP contribution in [0.1, 0.15) is 0 Å². The zero-order valence-electron chi connectivity index (χ0n) is 6.98. The zero-order valence-corrected chi connectivity index (χ0v) is 9.43. The molecule has 0 saturated heterocycles.